The van der Waals surface area contributed by atoms with Gasteiger partial charge in [0.2, 0.25) is 0 Å². The Hall–Kier alpha value is -3.22. The summed E-state index contributed by atoms with van der Waals surface area (Å²) in [5.41, 5.74) is 5.59. The van der Waals surface area contributed by atoms with Crippen LogP contribution in [0, 0.1) is 0 Å². The number of carbonyl (C=O) groups is 1. The van der Waals surface area contributed by atoms with Gasteiger partial charge in [0, 0.05) is 55.6 Å². The molecular weight excluding hydrogens is 424 g/mol. The molecule has 0 N–H and O–H groups in total. The molecule has 0 radical (unpaired) electrons. The maximum absolute atomic E-state index is 13.2. The number of pyridine rings is 1. The first-order valence-electron chi connectivity index (χ1n) is 12.1. The van der Waals surface area contributed by atoms with Crippen LogP contribution in [0.2, 0.25) is 0 Å². The van der Waals surface area contributed by atoms with Gasteiger partial charge in [-0.2, -0.15) is 0 Å². The maximum atomic E-state index is 13.2. The minimum atomic E-state index is 0.0762. The zero-order chi connectivity index (χ0) is 23.5. The van der Waals surface area contributed by atoms with Crippen molar-refractivity contribution in [3.8, 4) is 17.0 Å². The highest BCUT2D eigenvalue weighted by molar-refractivity contribution is 5.94. The summed E-state index contributed by atoms with van der Waals surface area (Å²) in [6.07, 6.45) is 2.82. The van der Waals surface area contributed by atoms with Crippen LogP contribution >= 0.6 is 0 Å². The third-order valence-electron chi connectivity index (χ3n) is 6.71. The third kappa shape index (κ3) is 4.56. The second kappa shape index (κ2) is 9.95. The number of benzene rings is 2. The summed E-state index contributed by atoms with van der Waals surface area (Å²) in [6, 6.07) is 20.6. The molecule has 0 saturated carbocycles. The standard InChI is InChI=1S/C28H32N4O2/c1-30(2)14-7-19-34-22-9-5-8-21(20-22)28(33)32-17-15-31(16-18-32)27-24-11-4-3-10-23(24)26-25(27)12-6-13-29-26/h3-6,8-13,20,27H,7,14-19H2,1-2H3. The lowest BCUT2D eigenvalue weighted by Gasteiger charge is -2.38. The van der Waals surface area contributed by atoms with Gasteiger partial charge in [-0.25, -0.2) is 0 Å². The number of rotatable bonds is 7. The highest BCUT2D eigenvalue weighted by Crippen LogP contribution is 2.45. The van der Waals surface area contributed by atoms with Gasteiger partial charge in [-0.3, -0.25) is 14.7 Å². The number of piperazine rings is 1. The average Bonchev–Trinajstić information content (AvgIpc) is 3.21. The average molecular weight is 457 g/mol. The van der Waals surface area contributed by atoms with Gasteiger partial charge < -0.3 is 14.5 Å². The van der Waals surface area contributed by atoms with Crippen LogP contribution in [0.5, 0.6) is 5.75 Å². The minimum absolute atomic E-state index is 0.0762. The summed E-state index contributed by atoms with van der Waals surface area (Å²) in [4.78, 5) is 24.5. The van der Waals surface area contributed by atoms with Gasteiger partial charge in [-0.1, -0.05) is 36.4 Å². The zero-order valence-corrected chi connectivity index (χ0v) is 20.0. The van der Waals surface area contributed by atoms with E-state index in [0.717, 1.165) is 37.5 Å². The van der Waals surface area contributed by atoms with E-state index in [2.05, 4.69) is 59.2 Å². The van der Waals surface area contributed by atoms with Crippen LogP contribution in [0.15, 0.2) is 66.9 Å². The van der Waals surface area contributed by atoms with Crippen LogP contribution < -0.4 is 4.74 Å². The van der Waals surface area contributed by atoms with E-state index in [0.29, 0.717) is 25.3 Å². The minimum Gasteiger partial charge on any atom is -0.494 e. The number of fused-ring (bicyclic) bond motifs is 3. The molecule has 1 aliphatic heterocycles. The van der Waals surface area contributed by atoms with Crippen molar-refractivity contribution in [3.63, 3.8) is 0 Å². The van der Waals surface area contributed by atoms with E-state index in [-0.39, 0.29) is 11.9 Å². The van der Waals surface area contributed by atoms with Crippen molar-refractivity contribution in [2.75, 3.05) is 53.4 Å². The SMILES string of the molecule is CN(C)CCCOc1cccc(C(=O)N2CCN(C3c4ccccc4-c4ncccc43)CC2)c1. The highest BCUT2D eigenvalue weighted by Gasteiger charge is 2.35. The Kier molecular flexibility index (Phi) is 6.61. The Labute approximate surface area is 201 Å². The third-order valence-corrected chi connectivity index (χ3v) is 6.71. The van der Waals surface area contributed by atoms with E-state index in [1.165, 1.54) is 16.7 Å². The van der Waals surface area contributed by atoms with E-state index in [1.807, 2.05) is 41.4 Å². The van der Waals surface area contributed by atoms with Gasteiger partial charge >= 0.3 is 0 Å². The fourth-order valence-corrected chi connectivity index (χ4v) is 5.03. The summed E-state index contributed by atoms with van der Waals surface area (Å²) < 4.78 is 5.87. The topological polar surface area (TPSA) is 48.9 Å². The Balaban J connectivity index is 1.23. The number of nitrogens with zero attached hydrogens (tertiary/aromatic N) is 4. The van der Waals surface area contributed by atoms with E-state index < -0.39 is 0 Å². The van der Waals surface area contributed by atoms with Gasteiger partial charge in [0.1, 0.15) is 5.75 Å². The molecule has 34 heavy (non-hydrogen) atoms. The highest BCUT2D eigenvalue weighted by atomic mass is 16.5. The van der Waals surface area contributed by atoms with Crippen molar-refractivity contribution in [1.82, 2.24) is 19.7 Å². The monoisotopic (exact) mass is 456 g/mol. The molecule has 3 aromatic rings. The number of hydrogen-bond acceptors (Lipinski definition) is 5. The fraction of sp³-hybridized carbons (Fsp3) is 0.357. The van der Waals surface area contributed by atoms with Crippen LogP contribution in [0.1, 0.15) is 33.9 Å². The summed E-state index contributed by atoms with van der Waals surface area (Å²) in [5.74, 6) is 0.835. The number of aromatic nitrogens is 1. The number of ether oxygens (including phenoxy) is 1. The molecule has 6 heteroatoms. The van der Waals surface area contributed by atoms with Crippen molar-refractivity contribution in [2.24, 2.45) is 0 Å². The van der Waals surface area contributed by atoms with E-state index in [9.17, 15) is 4.79 Å². The summed E-state index contributed by atoms with van der Waals surface area (Å²) in [6.45, 7) is 4.71. The Morgan fingerprint density at radius 3 is 2.62 bits per heavy atom. The molecule has 0 bridgehead atoms. The zero-order valence-electron chi connectivity index (χ0n) is 20.0. The Morgan fingerprint density at radius 1 is 1.00 bits per heavy atom. The predicted molar refractivity (Wildman–Crippen MR) is 134 cm³/mol. The lowest BCUT2D eigenvalue weighted by atomic mass is 10.0. The molecule has 6 nitrogen and oxygen atoms in total. The molecule has 1 fully saturated rings. The van der Waals surface area contributed by atoms with Crippen LogP contribution in [-0.4, -0.2) is 79.0 Å². The smallest absolute Gasteiger partial charge is 0.254 e. The van der Waals surface area contributed by atoms with Crippen LogP contribution in [0.4, 0.5) is 0 Å². The second-order valence-corrected chi connectivity index (χ2v) is 9.29. The molecule has 1 unspecified atom stereocenters. The summed E-state index contributed by atoms with van der Waals surface area (Å²) in [5, 5.41) is 0. The molecule has 1 atom stereocenters. The molecule has 176 valence electrons. The van der Waals surface area contributed by atoms with Crippen molar-refractivity contribution in [3.05, 3.63) is 83.6 Å². The number of hydrogen-bond donors (Lipinski definition) is 0. The normalized spacial score (nSPS) is 17.5. The van der Waals surface area contributed by atoms with Gasteiger partial charge in [0.15, 0.2) is 0 Å². The molecule has 2 aromatic carbocycles. The largest absolute Gasteiger partial charge is 0.494 e. The van der Waals surface area contributed by atoms with E-state index in [4.69, 9.17) is 4.74 Å². The van der Waals surface area contributed by atoms with Gasteiger partial charge in [0.05, 0.1) is 18.3 Å². The second-order valence-electron chi connectivity index (χ2n) is 9.29. The van der Waals surface area contributed by atoms with Gasteiger partial charge in [-0.05, 0) is 50.3 Å². The van der Waals surface area contributed by atoms with Crippen LogP contribution in [0.3, 0.4) is 0 Å². The lowest BCUT2D eigenvalue weighted by Crippen LogP contribution is -2.49. The molecule has 0 spiro atoms. The molecule has 5 rings (SSSR count). The van der Waals surface area contributed by atoms with Gasteiger partial charge in [0.25, 0.3) is 5.91 Å². The van der Waals surface area contributed by atoms with Gasteiger partial charge in [-0.15, -0.1) is 0 Å². The first-order chi connectivity index (χ1) is 16.6. The molecule has 1 aliphatic carbocycles. The van der Waals surface area contributed by atoms with Crippen molar-refractivity contribution in [1.29, 1.82) is 0 Å². The molecule has 1 amide bonds. The van der Waals surface area contributed by atoms with Crippen LogP contribution in [0.25, 0.3) is 11.3 Å². The Bertz CT molecular complexity index is 1110. The number of carbonyl (C=O) groups excluding carboxylic acids is 1. The van der Waals surface area contributed by atoms with Crippen LogP contribution in [-0.2, 0) is 0 Å². The summed E-state index contributed by atoms with van der Waals surface area (Å²) in [7, 11) is 4.11. The molecule has 1 saturated heterocycles. The Morgan fingerprint density at radius 2 is 1.79 bits per heavy atom. The first kappa shape index (κ1) is 22.6. The lowest BCUT2D eigenvalue weighted by molar-refractivity contribution is 0.0599. The van der Waals surface area contributed by atoms with E-state index >= 15 is 0 Å². The molecule has 2 heterocycles. The van der Waals surface area contributed by atoms with Crippen molar-refractivity contribution >= 4 is 5.91 Å². The fourth-order valence-electron chi connectivity index (χ4n) is 5.03. The number of amides is 1. The first-order valence-corrected chi connectivity index (χ1v) is 12.1. The molecular formula is C28H32N4O2. The predicted octanol–water partition coefficient (Wildman–Crippen LogP) is 3.94. The molecule has 1 aromatic heterocycles. The molecule has 2 aliphatic rings. The summed E-state index contributed by atoms with van der Waals surface area (Å²) >= 11 is 0. The quantitative estimate of drug-likeness (QED) is 0.504. The maximum Gasteiger partial charge on any atom is 0.254 e. The van der Waals surface area contributed by atoms with Crippen molar-refractivity contribution < 1.29 is 9.53 Å². The van der Waals surface area contributed by atoms with Crippen molar-refractivity contribution in [2.45, 2.75) is 12.5 Å². The van der Waals surface area contributed by atoms with E-state index in [1.54, 1.807) is 0 Å².